The molecular formula is C12H12ClN3O2S2. The van der Waals surface area contributed by atoms with E-state index in [1.807, 2.05) is 17.5 Å². The summed E-state index contributed by atoms with van der Waals surface area (Å²) in [5, 5.41) is 1.98. The lowest BCUT2D eigenvalue weighted by Gasteiger charge is -2.20. The molecule has 20 heavy (non-hydrogen) atoms. The van der Waals surface area contributed by atoms with Gasteiger partial charge in [0.15, 0.2) is 0 Å². The average Bonchev–Trinajstić information content (AvgIpc) is 3.12. The molecule has 1 aliphatic rings. The van der Waals surface area contributed by atoms with Crippen molar-refractivity contribution in [2.24, 2.45) is 0 Å². The number of aromatic nitrogens is 2. The van der Waals surface area contributed by atoms with E-state index in [2.05, 4.69) is 9.97 Å². The van der Waals surface area contributed by atoms with Crippen molar-refractivity contribution in [1.29, 1.82) is 0 Å². The van der Waals surface area contributed by atoms with E-state index in [1.54, 1.807) is 11.3 Å². The Kier molecular flexibility index (Phi) is 3.76. The first-order valence-electron chi connectivity index (χ1n) is 6.09. The molecule has 2 aromatic heterocycles. The summed E-state index contributed by atoms with van der Waals surface area (Å²) in [6.45, 7) is 0.396. The zero-order valence-corrected chi connectivity index (χ0v) is 12.8. The third kappa shape index (κ3) is 2.85. The van der Waals surface area contributed by atoms with Crippen molar-refractivity contribution in [1.82, 2.24) is 14.3 Å². The summed E-state index contributed by atoms with van der Waals surface area (Å²) in [7, 11) is -3.57. The number of hydrogen-bond donors (Lipinski definition) is 0. The predicted molar refractivity (Wildman–Crippen MR) is 77.1 cm³/mol. The second-order valence-electron chi connectivity index (χ2n) is 4.55. The Balaban J connectivity index is 1.91. The fraction of sp³-hybridized carbons (Fsp3) is 0.333. The van der Waals surface area contributed by atoms with E-state index < -0.39 is 10.0 Å². The lowest BCUT2D eigenvalue weighted by molar-refractivity contribution is 0.401. The molecule has 0 saturated heterocycles. The third-order valence-corrected chi connectivity index (χ3v) is 5.96. The molecule has 1 aliphatic carbocycles. The number of halogens is 1. The first-order chi connectivity index (χ1) is 9.57. The van der Waals surface area contributed by atoms with Crippen LogP contribution in [0.15, 0.2) is 34.8 Å². The van der Waals surface area contributed by atoms with Gasteiger partial charge in [-0.2, -0.15) is 4.31 Å². The summed E-state index contributed by atoms with van der Waals surface area (Å²) in [6.07, 6.45) is 4.32. The minimum atomic E-state index is -3.57. The van der Waals surface area contributed by atoms with E-state index in [-0.39, 0.29) is 16.2 Å². The molecule has 0 radical (unpaired) electrons. The van der Waals surface area contributed by atoms with Crippen LogP contribution in [0.4, 0.5) is 0 Å². The topological polar surface area (TPSA) is 63.2 Å². The van der Waals surface area contributed by atoms with E-state index >= 15 is 0 Å². The standard InChI is InChI=1S/C12H12ClN3O2S2/c13-12-14-6-11(7-15-12)20(17,18)16(9-3-4-9)8-10-2-1-5-19-10/h1-2,5-7,9H,3-4,8H2. The molecule has 2 heterocycles. The number of sulfonamides is 1. The van der Waals surface area contributed by atoms with Crippen LogP contribution < -0.4 is 0 Å². The molecule has 0 aliphatic heterocycles. The largest absolute Gasteiger partial charge is 0.246 e. The third-order valence-electron chi connectivity index (χ3n) is 3.05. The second-order valence-corrected chi connectivity index (χ2v) is 7.81. The fourth-order valence-corrected chi connectivity index (χ4v) is 4.33. The minimum Gasteiger partial charge on any atom is -0.225 e. The smallest absolute Gasteiger partial charge is 0.225 e. The Morgan fingerprint density at radius 1 is 1.35 bits per heavy atom. The van der Waals surface area contributed by atoms with Crippen LogP contribution in [0.2, 0.25) is 5.28 Å². The summed E-state index contributed by atoms with van der Waals surface area (Å²) in [4.78, 5) is 8.62. The molecule has 8 heteroatoms. The lowest BCUT2D eigenvalue weighted by atomic mass is 10.4. The van der Waals surface area contributed by atoms with Gasteiger partial charge in [-0.05, 0) is 35.9 Å². The highest BCUT2D eigenvalue weighted by Gasteiger charge is 2.38. The quantitative estimate of drug-likeness (QED) is 0.791. The molecule has 0 atom stereocenters. The fourth-order valence-electron chi connectivity index (χ4n) is 1.90. The predicted octanol–water partition coefficient (Wildman–Crippen LogP) is 2.54. The van der Waals surface area contributed by atoms with E-state index in [1.165, 1.54) is 16.7 Å². The summed E-state index contributed by atoms with van der Waals surface area (Å²) >= 11 is 7.15. The van der Waals surface area contributed by atoms with Crippen molar-refractivity contribution in [2.75, 3.05) is 0 Å². The van der Waals surface area contributed by atoms with Crippen molar-refractivity contribution < 1.29 is 8.42 Å². The summed E-state index contributed by atoms with van der Waals surface area (Å²) in [5.74, 6) is 0. The molecule has 1 fully saturated rings. The Labute approximate surface area is 126 Å². The van der Waals surface area contributed by atoms with Crippen molar-refractivity contribution in [3.63, 3.8) is 0 Å². The Hall–Kier alpha value is -1.02. The van der Waals surface area contributed by atoms with Gasteiger partial charge in [0.05, 0.1) is 12.4 Å². The molecule has 0 amide bonds. The molecule has 0 bridgehead atoms. The highest BCUT2D eigenvalue weighted by atomic mass is 35.5. The van der Waals surface area contributed by atoms with Crippen LogP contribution >= 0.6 is 22.9 Å². The van der Waals surface area contributed by atoms with E-state index in [0.717, 1.165) is 17.7 Å². The van der Waals surface area contributed by atoms with Crippen molar-refractivity contribution in [2.45, 2.75) is 30.3 Å². The zero-order chi connectivity index (χ0) is 14.2. The van der Waals surface area contributed by atoms with Gasteiger partial charge in [-0.3, -0.25) is 0 Å². The molecular weight excluding hydrogens is 318 g/mol. The number of rotatable bonds is 5. The Bertz CT molecular complexity index is 682. The monoisotopic (exact) mass is 329 g/mol. The molecule has 0 N–H and O–H groups in total. The van der Waals surface area contributed by atoms with Gasteiger partial charge < -0.3 is 0 Å². The Morgan fingerprint density at radius 2 is 2.05 bits per heavy atom. The lowest BCUT2D eigenvalue weighted by Crippen LogP contribution is -2.32. The van der Waals surface area contributed by atoms with Crippen LogP contribution in [0.25, 0.3) is 0 Å². The molecule has 0 spiro atoms. The average molecular weight is 330 g/mol. The first-order valence-corrected chi connectivity index (χ1v) is 8.79. The van der Waals surface area contributed by atoms with Gasteiger partial charge >= 0.3 is 0 Å². The van der Waals surface area contributed by atoms with Gasteiger partial charge in [0.25, 0.3) is 0 Å². The molecule has 3 rings (SSSR count). The SMILES string of the molecule is O=S(=O)(c1cnc(Cl)nc1)N(Cc1cccs1)C1CC1. The minimum absolute atomic E-state index is 0.0418. The van der Waals surface area contributed by atoms with Gasteiger partial charge in [-0.1, -0.05) is 6.07 Å². The highest BCUT2D eigenvalue weighted by molar-refractivity contribution is 7.89. The van der Waals surface area contributed by atoms with E-state index in [0.29, 0.717) is 6.54 Å². The van der Waals surface area contributed by atoms with Crippen LogP contribution in [0.3, 0.4) is 0 Å². The Morgan fingerprint density at radius 3 is 2.60 bits per heavy atom. The zero-order valence-electron chi connectivity index (χ0n) is 10.4. The van der Waals surface area contributed by atoms with Crippen molar-refractivity contribution in [3.8, 4) is 0 Å². The molecule has 106 valence electrons. The molecule has 2 aromatic rings. The summed E-state index contributed by atoms with van der Waals surface area (Å²) in [6, 6.07) is 3.94. The van der Waals surface area contributed by atoms with Crippen LogP contribution in [-0.2, 0) is 16.6 Å². The van der Waals surface area contributed by atoms with Crippen molar-refractivity contribution >= 4 is 33.0 Å². The number of hydrogen-bond acceptors (Lipinski definition) is 5. The van der Waals surface area contributed by atoms with Gasteiger partial charge in [-0.15, -0.1) is 11.3 Å². The maximum absolute atomic E-state index is 12.7. The van der Waals surface area contributed by atoms with Gasteiger partial charge in [0.2, 0.25) is 15.3 Å². The van der Waals surface area contributed by atoms with Crippen LogP contribution in [0, 0.1) is 0 Å². The first kappa shape index (κ1) is 13.9. The van der Waals surface area contributed by atoms with Crippen LogP contribution in [-0.4, -0.2) is 28.7 Å². The summed E-state index contributed by atoms with van der Waals surface area (Å²) < 4.78 is 26.9. The van der Waals surface area contributed by atoms with Crippen molar-refractivity contribution in [3.05, 3.63) is 40.1 Å². The maximum Gasteiger partial charge on any atom is 0.246 e. The van der Waals surface area contributed by atoms with Crippen LogP contribution in [0.5, 0.6) is 0 Å². The van der Waals surface area contributed by atoms with E-state index in [4.69, 9.17) is 11.6 Å². The molecule has 5 nitrogen and oxygen atoms in total. The summed E-state index contributed by atoms with van der Waals surface area (Å²) in [5.41, 5.74) is 0. The highest BCUT2D eigenvalue weighted by Crippen LogP contribution is 2.33. The normalized spacial score (nSPS) is 15.7. The number of thiophene rings is 1. The van der Waals surface area contributed by atoms with Gasteiger partial charge in [-0.25, -0.2) is 18.4 Å². The molecule has 0 unspecified atom stereocenters. The van der Waals surface area contributed by atoms with Crippen LogP contribution in [0.1, 0.15) is 17.7 Å². The number of nitrogens with zero attached hydrogens (tertiary/aromatic N) is 3. The molecule has 1 saturated carbocycles. The molecule has 0 aromatic carbocycles. The maximum atomic E-state index is 12.7. The van der Waals surface area contributed by atoms with Gasteiger partial charge in [0.1, 0.15) is 4.90 Å². The van der Waals surface area contributed by atoms with E-state index in [9.17, 15) is 8.42 Å². The van der Waals surface area contributed by atoms with Gasteiger partial charge in [0, 0.05) is 17.5 Å². The second kappa shape index (κ2) is 5.40.